The van der Waals surface area contributed by atoms with Gasteiger partial charge >= 0.3 is 0 Å². The molecule has 3 aromatic rings. The Morgan fingerprint density at radius 3 is 2.86 bits per heavy atom. The molecule has 0 bridgehead atoms. The van der Waals surface area contributed by atoms with Crippen LogP contribution in [0.1, 0.15) is 0 Å². The lowest BCUT2D eigenvalue weighted by atomic mass is 10.0. The molecular weight excluding hydrogens is 280 g/mol. The zero-order valence-electron chi connectivity index (χ0n) is 12.2. The standard InChI is InChI=1S/C17H16N2O3/c1-21-6-7-22-15-8-14(10-18-11-15)13-3-2-12-4-5-19-17(20)16(12)9-13/h2-5,8-11H,6-7H2,1H3,(H,19,20). The number of methoxy groups -OCH3 is 1. The summed E-state index contributed by atoms with van der Waals surface area (Å²) in [5.41, 5.74) is 1.73. The maximum absolute atomic E-state index is 11.9. The zero-order valence-corrected chi connectivity index (χ0v) is 12.2. The lowest BCUT2D eigenvalue weighted by Crippen LogP contribution is -2.05. The van der Waals surface area contributed by atoms with Crippen molar-refractivity contribution >= 4 is 10.8 Å². The molecule has 112 valence electrons. The summed E-state index contributed by atoms with van der Waals surface area (Å²) >= 11 is 0. The van der Waals surface area contributed by atoms with E-state index in [1.54, 1.807) is 25.7 Å². The van der Waals surface area contributed by atoms with Gasteiger partial charge in [-0.3, -0.25) is 9.78 Å². The molecule has 5 nitrogen and oxygen atoms in total. The number of ether oxygens (including phenoxy) is 2. The number of hydrogen-bond donors (Lipinski definition) is 1. The van der Waals surface area contributed by atoms with Crippen LogP contribution in [0.3, 0.4) is 0 Å². The van der Waals surface area contributed by atoms with Crippen LogP contribution in [0.4, 0.5) is 0 Å². The highest BCUT2D eigenvalue weighted by Gasteiger charge is 2.04. The fourth-order valence-electron chi connectivity index (χ4n) is 2.26. The van der Waals surface area contributed by atoms with Gasteiger partial charge in [0.1, 0.15) is 12.4 Å². The van der Waals surface area contributed by atoms with Crippen LogP contribution in [0.15, 0.2) is 53.7 Å². The van der Waals surface area contributed by atoms with Crippen LogP contribution in [0.5, 0.6) is 5.75 Å². The van der Waals surface area contributed by atoms with Crippen LogP contribution < -0.4 is 10.3 Å². The highest BCUT2D eigenvalue weighted by atomic mass is 16.5. The third-order valence-electron chi connectivity index (χ3n) is 3.38. The van der Waals surface area contributed by atoms with Crippen molar-refractivity contribution in [2.75, 3.05) is 20.3 Å². The minimum absolute atomic E-state index is 0.0974. The predicted octanol–water partition coefficient (Wildman–Crippen LogP) is 2.62. The van der Waals surface area contributed by atoms with E-state index in [-0.39, 0.29) is 5.56 Å². The number of benzene rings is 1. The fraction of sp³-hybridized carbons (Fsp3) is 0.176. The molecule has 0 unspecified atom stereocenters. The van der Waals surface area contributed by atoms with Crippen molar-refractivity contribution in [3.8, 4) is 16.9 Å². The summed E-state index contributed by atoms with van der Waals surface area (Å²) in [5.74, 6) is 0.677. The second-order valence-electron chi connectivity index (χ2n) is 4.86. The van der Waals surface area contributed by atoms with E-state index in [0.29, 0.717) is 24.3 Å². The molecule has 0 fully saturated rings. The van der Waals surface area contributed by atoms with E-state index in [4.69, 9.17) is 9.47 Å². The second kappa shape index (κ2) is 6.41. The molecule has 0 aliphatic carbocycles. The maximum Gasteiger partial charge on any atom is 0.255 e. The molecule has 3 rings (SSSR count). The molecule has 0 saturated heterocycles. The smallest absolute Gasteiger partial charge is 0.255 e. The van der Waals surface area contributed by atoms with Crippen LogP contribution in [0.25, 0.3) is 21.9 Å². The van der Waals surface area contributed by atoms with E-state index in [1.807, 2.05) is 30.3 Å². The number of pyridine rings is 2. The quantitative estimate of drug-likeness (QED) is 0.735. The van der Waals surface area contributed by atoms with Gasteiger partial charge in [0.2, 0.25) is 0 Å². The molecule has 22 heavy (non-hydrogen) atoms. The average molecular weight is 296 g/mol. The van der Waals surface area contributed by atoms with Gasteiger partial charge in [-0.05, 0) is 29.1 Å². The molecule has 0 radical (unpaired) electrons. The van der Waals surface area contributed by atoms with Gasteiger partial charge in [-0.2, -0.15) is 0 Å². The van der Waals surface area contributed by atoms with Crippen molar-refractivity contribution in [2.24, 2.45) is 0 Å². The van der Waals surface area contributed by atoms with Crippen molar-refractivity contribution in [1.29, 1.82) is 0 Å². The van der Waals surface area contributed by atoms with Gasteiger partial charge in [0.05, 0.1) is 12.8 Å². The van der Waals surface area contributed by atoms with Crippen molar-refractivity contribution < 1.29 is 9.47 Å². The van der Waals surface area contributed by atoms with E-state index in [9.17, 15) is 4.79 Å². The Kier molecular flexibility index (Phi) is 4.16. The van der Waals surface area contributed by atoms with Gasteiger partial charge in [-0.25, -0.2) is 0 Å². The number of nitrogens with zero attached hydrogens (tertiary/aromatic N) is 1. The molecule has 2 aromatic heterocycles. The Balaban J connectivity index is 1.95. The van der Waals surface area contributed by atoms with Crippen molar-refractivity contribution in [3.63, 3.8) is 0 Å². The van der Waals surface area contributed by atoms with Gasteiger partial charge in [-0.15, -0.1) is 0 Å². The SMILES string of the molecule is COCCOc1cncc(-c2ccc3cc[nH]c(=O)c3c2)c1. The first kappa shape index (κ1) is 14.3. The predicted molar refractivity (Wildman–Crippen MR) is 85.2 cm³/mol. The summed E-state index contributed by atoms with van der Waals surface area (Å²) in [6.07, 6.45) is 5.06. The van der Waals surface area contributed by atoms with Crippen LogP contribution in [-0.2, 0) is 4.74 Å². The number of hydrogen-bond acceptors (Lipinski definition) is 4. The maximum atomic E-state index is 11.9. The van der Waals surface area contributed by atoms with Gasteiger partial charge in [0.25, 0.3) is 5.56 Å². The second-order valence-corrected chi connectivity index (χ2v) is 4.86. The Hall–Kier alpha value is -2.66. The molecule has 0 aliphatic rings. The minimum atomic E-state index is -0.0974. The van der Waals surface area contributed by atoms with E-state index in [1.165, 1.54) is 0 Å². The molecule has 5 heteroatoms. The molecule has 0 atom stereocenters. The van der Waals surface area contributed by atoms with Crippen LogP contribution in [-0.4, -0.2) is 30.3 Å². The molecule has 2 heterocycles. The normalized spacial score (nSPS) is 10.8. The molecule has 0 spiro atoms. The van der Waals surface area contributed by atoms with Crippen molar-refractivity contribution in [2.45, 2.75) is 0 Å². The topological polar surface area (TPSA) is 64.2 Å². The summed E-state index contributed by atoms with van der Waals surface area (Å²) < 4.78 is 10.5. The number of fused-ring (bicyclic) bond motifs is 1. The van der Waals surface area contributed by atoms with Crippen molar-refractivity contribution in [1.82, 2.24) is 9.97 Å². The number of H-pyrrole nitrogens is 1. The average Bonchev–Trinajstić information content (AvgIpc) is 2.56. The number of rotatable bonds is 5. The molecule has 1 aromatic carbocycles. The Morgan fingerprint density at radius 2 is 2.00 bits per heavy atom. The molecule has 0 aliphatic heterocycles. The van der Waals surface area contributed by atoms with Gasteiger partial charge in [0, 0.05) is 30.5 Å². The molecule has 0 saturated carbocycles. The zero-order chi connectivity index (χ0) is 15.4. The van der Waals surface area contributed by atoms with E-state index in [0.717, 1.165) is 16.5 Å². The Morgan fingerprint density at radius 1 is 1.09 bits per heavy atom. The lowest BCUT2D eigenvalue weighted by Gasteiger charge is -2.08. The molecule has 0 amide bonds. The first-order chi connectivity index (χ1) is 10.8. The summed E-state index contributed by atoms with van der Waals surface area (Å²) in [4.78, 5) is 18.8. The van der Waals surface area contributed by atoms with Gasteiger partial charge in [-0.1, -0.05) is 12.1 Å². The first-order valence-corrected chi connectivity index (χ1v) is 6.96. The summed E-state index contributed by atoms with van der Waals surface area (Å²) in [6.45, 7) is 0.995. The Labute approximate surface area is 127 Å². The number of nitrogens with one attached hydrogen (secondary N) is 1. The highest BCUT2D eigenvalue weighted by molar-refractivity contribution is 5.86. The fourth-order valence-corrected chi connectivity index (χ4v) is 2.26. The monoisotopic (exact) mass is 296 g/mol. The van der Waals surface area contributed by atoms with Gasteiger partial charge in [0.15, 0.2) is 0 Å². The first-order valence-electron chi connectivity index (χ1n) is 6.96. The van der Waals surface area contributed by atoms with E-state index < -0.39 is 0 Å². The summed E-state index contributed by atoms with van der Waals surface area (Å²) in [5, 5.41) is 1.57. The van der Waals surface area contributed by atoms with E-state index in [2.05, 4.69) is 9.97 Å². The third kappa shape index (κ3) is 2.99. The summed E-state index contributed by atoms with van der Waals surface area (Å²) in [7, 11) is 1.63. The Bertz CT molecular complexity index is 842. The third-order valence-corrected chi connectivity index (χ3v) is 3.38. The van der Waals surface area contributed by atoms with Crippen LogP contribution in [0, 0.1) is 0 Å². The molecular formula is C17H16N2O3. The van der Waals surface area contributed by atoms with Gasteiger partial charge < -0.3 is 14.5 Å². The summed E-state index contributed by atoms with van der Waals surface area (Å²) in [6, 6.07) is 9.55. The largest absolute Gasteiger partial charge is 0.490 e. The van der Waals surface area contributed by atoms with Crippen LogP contribution >= 0.6 is 0 Å². The number of aromatic amines is 1. The van der Waals surface area contributed by atoms with Crippen LogP contribution in [0.2, 0.25) is 0 Å². The minimum Gasteiger partial charge on any atom is -0.490 e. The van der Waals surface area contributed by atoms with E-state index >= 15 is 0 Å². The highest BCUT2D eigenvalue weighted by Crippen LogP contribution is 2.25. The number of aromatic nitrogens is 2. The molecule has 1 N–H and O–H groups in total. The van der Waals surface area contributed by atoms with Crippen molar-refractivity contribution in [3.05, 3.63) is 59.3 Å². The lowest BCUT2D eigenvalue weighted by molar-refractivity contribution is 0.146.